The van der Waals surface area contributed by atoms with Crippen molar-refractivity contribution < 1.29 is 36.3 Å². The summed E-state index contributed by atoms with van der Waals surface area (Å²) >= 11 is 0. The molecular formula is C39H36F2N4O7S. The molecule has 2 unspecified atom stereocenters. The van der Waals surface area contributed by atoms with Crippen LogP contribution in [0.2, 0.25) is 0 Å². The molecule has 2 aliphatic heterocycles. The third-order valence-electron chi connectivity index (χ3n) is 8.30. The van der Waals surface area contributed by atoms with Crippen molar-refractivity contribution in [1.82, 2.24) is 14.2 Å². The van der Waals surface area contributed by atoms with Gasteiger partial charge in [0.15, 0.2) is 18.2 Å². The molecule has 0 fully saturated rings. The molecule has 274 valence electrons. The Morgan fingerprint density at radius 1 is 0.943 bits per heavy atom. The van der Waals surface area contributed by atoms with Gasteiger partial charge in [-0.2, -0.15) is 0 Å². The summed E-state index contributed by atoms with van der Waals surface area (Å²) in [5.41, 5.74) is 0.425. The van der Waals surface area contributed by atoms with Gasteiger partial charge in [0.05, 0.1) is 11.4 Å². The van der Waals surface area contributed by atoms with Crippen LogP contribution in [-0.4, -0.2) is 53.8 Å². The highest BCUT2D eigenvalue weighted by Gasteiger charge is 2.41. The standard InChI is InChI=1S/C39H36F2N4O7S/c1-39(2,3)52-35(46)24-51-28-18-26(21-43-37(47)31-12-8-16-44(38(31)48)22-25-13-14-33(40)34(41)19-25)17-27(20-28)32-23-45(36-30(32)11-7-15-42-36)53(49,50)29-9-5-4-6-10-29/h4-20,23,30,36H,21-22,24H2,1-3H3,(H,43,47). The largest absolute Gasteiger partial charge is 0.482 e. The molecule has 0 spiro atoms. The Morgan fingerprint density at radius 2 is 1.72 bits per heavy atom. The van der Waals surface area contributed by atoms with Crippen LogP contribution >= 0.6 is 0 Å². The van der Waals surface area contributed by atoms with E-state index in [4.69, 9.17) is 9.47 Å². The molecule has 14 heteroatoms. The fraction of sp³-hybridized carbons (Fsp3) is 0.231. The quantitative estimate of drug-likeness (QED) is 0.202. The molecule has 1 amide bonds. The van der Waals surface area contributed by atoms with Crippen LogP contribution in [0.3, 0.4) is 0 Å². The van der Waals surface area contributed by atoms with Gasteiger partial charge in [0.25, 0.3) is 21.5 Å². The molecule has 0 saturated heterocycles. The van der Waals surface area contributed by atoms with Gasteiger partial charge in [-0.05, 0) is 104 Å². The van der Waals surface area contributed by atoms with Crippen molar-refractivity contribution in [2.24, 2.45) is 10.9 Å². The first-order valence-corrected chi connectivity index (χ1v) is 18.0. The van der Waals surface area contributed by atoms with E-state index in [9.17, 15) is 31.6 Å². The number of dihydropyridines is 1. The van der Waals surface area contributed by atoms with Crippen molar-refractivity contribution in [1.29, 1.82) is 0 Å². The molecule has 0 bridgehead atoms. The minimum absolute atomic E-state index is 0.0889. The van der Waals surface area contributed by atoms with Crippen LogP contribution in [0.4, 0.5) is 8.78 Å². The lowest BCUT2D eigenvalue weighted by molar-refractivity contribution is -0.157. The lowest BCUT2D eigenvalue weighted by Crippen LogP contribution is -2.35. The number of sulfonamides is 1. The fourth-order valence-corrected chi connectivity index (χ4v) is 7.42. The average Bonchev–Trinajstić information content (AvgIpc) is 3.53. The summed E-state index contributed by atoms with van der Waals surface area (Å²) in [6.07, 6.45) is 7.30. The van der Waals surface area contributed by atoms with E-state index in [1.54, 1.807) is 69.5 Å². The molecule has 2 atom stereocenters. The number of hydrogen-bond acceptors (Lipinski definition) is 8. The van der Waals surface area contributed by atoms with Gasteiger partial charge >= 0.3 is 5.97 Å². The molecule has 1 N–H and O–H groups in total. The highest BCUT2D eigenvalue weighted by atomic mass is 32.2. The van der Waals surface area contributed by atoms with Gasteiger partial charge in [-0.15, -0.1) is 0 Å². The van der Waals surface area contributed by atoms with Crippen LogP contribution < -0.4 is 15.6 Å². The van der Waals surface area contributed by atoms with Crippen molar-refractivity contribution >= 4 is 33.7 Å². The summed E-state index contributed by atoms with van der Waals surface area (Å²) in [7, 11) is -4.00. The first-order chi connectivity index (χ1) is 25.2. The van der Waals surface area contributed by atoms with E-state index in [1.165, 1.54) is 51.6 Å². The van der Waals surface area contributed by atoms with E-state index in [0.29, 0.717) is 22.3 Å². The average molecular weight is 743 g/mol. The minimum Gasteiger partial charge on any atom is -0.482 e. The molecule has 11 nitrogen and oxygen atoms in total. The van der Waals surface area contributed by atoms with E-state index >= 15 is 0 Å². The summed E-state index contributed by atoms with van der Waals surface area (Å²) < 4.78 is 68.5. The van der Waals surface area contributed by atoms with Crippen LogP contribution in [0.25, 0.3) is 5.57 Å². The number of hydrogen-bond donors (Lipinski definition) is 1. The van der Waals surface area contributed by atoms with Crippen LogP contribution in [0.15, 0.2) is 118 Å². The number of allylic oxidation sites excluding steroid dienone is 1. The van der Waals surface area contributed by atoms with Crippen molar-refractivity contribution in [3.63, 3.8) is 0 Å². The number of fused-ring (bicyclic) bond motifs is 1. The van der Waals surface area contributed by atoms with Crippen LogP contribution in [-0.2, 0) is 32.6 Å². The Balaban J connectivity index is 1.30. The second-order valence-electron chi connectivity index (χ2n) is 13.4. The Kier molecular flexibility index (Phi) is 10.4. The number of aromatic nitrogens is 1. The zero-order chi connectivity index (χ0) is 37.9. The van der Waals surface area contributed by atoms with E-state index in [-0.39, 0.29) is 29.3 Å². The maximum atomic E-state index is 13.8. The second kappa shape index (κ2) is 15.0. The van der Waals surface area contributed by atoms with Gasteiger partial charge in [0, 0.05) is 31.1 Å². The zero-order valence-electron chi connectivity index (χ0n) is 29.0. The highest BCUT2D eigenvalue weighted by molar-refractivity contribution is 7.89. The normalized spacial score (nSPS) is 16.5. The van der Waals surface area contributed by atoms with E-state index in [2.05, 4.69) is 10.3 Å². The van der Waals surface area contributed by atoms with Crippen molar-refractivity contribution in [3.05, 3.63) is 148 Å². The molecule has 2 aliphatic rings. The molecule has 0 radical (unpaired) electrons. The van der Waals surface area contributed by atoms with E-state index in [0.717, 1.165) is 12.1 Å². The van der Waals surface area contributed by atoms with Crippen molar-refractivity contribution in [2.45, 2.75) is 50.5 Å². The molecule has 4 aromatic rings. The van der Waals surface area contributed by atoms with Gasteiger partial charge in [-0.1, -0.05) is 30.3 Å². The molecule has 53 heavy (non-hydrogen) atoms. The predicted molar refractivity (Wildman–Crippen MR) is 193 cm³/mol. The van der Waals surface area contributed by atoms with Gasteiger partial charge in [-0.25, -0.2) is 26.3 Å². The highest BCUT2D eigenvalue weighted by Crippen LogP contribution is 2.42. The molecule has 1 aromatic heterocycles. The molecule has 0 saturated carbocycles. The predicted octanol–water partition coefficient (Wildman–Crippen LogP) is 5.45. The number of nitrogens with one attached hydrogen (secondary N) is 1. The number of nitrogens with zero attached hydrogens (tertiary/aromatic N) is 3. The number of ether oxygens (including phenoxy) is 2. The number of carbonyl (C=O) groups excluding carboxylic acids is 2. The number of esters is 1. The van der Waals surface area contributed by atoms with E-state index < -0.39 is 63.4 Å². The number of pyridine rings is 1. The Hall–Kier alpha value is -5.89. The maximum absolute atomic E-state index is 13.8. The molecule has 0 aliphatic carbocycles. The van der Waals surface area contributed by atoms with E-state index in [1.807, 2.05) is 6.08 Å². The summed E-state index contributed by atoms with van der Waals surface area (Å²) in [5.74, 6) is -3.59. The minimum atomic E-state index is -4.00. The summed E-state index contributed by atoms with van der Waals surface area (Å²) in [5, 5.41) is 2.74. The SMILES string of the molecule is CC(C)(C)OC(=O)COc1cc(CNC(=O)c2cccn(Cc3ccc(F)c(F)c3)c2=O)cc(C2=CN(S(=O)(=O)c3ccccc3)C3N=CC=CC23)c1. The van der Waals surface area contributed by atoms with Crippen LogP contribution in [0, 0.1) is 17.6 Å². The lowest BCUT2D eigenvalue weighted by Gasteiger charge is -2.26. The fourth-order valence-electron chi connectivity index (χ4n) is 5.95. The van der Waals surface area contributed by atoms with Gasteiger partial charge < -0.3 is 19.4 Å². The summed E-state index contributed by atoms with van der Waals surface area (Å²) in [4.78, 5) is 43.7. The first kappa shape index (κ1) is 36.9. The third-order valence-corrected chi connectivity index (χ3v) is 10.0. The summed E-state index contributed by atoms with van der Waals surface area (Å²) in [6, 6.07) is 19.2. The van der Waals surface area contributed by atoms with Gasteiger partial charge in [0.1, 0.15) is 23.1 Å². The van der Waals surface area contributed by atoms with Gasteiger partial charge in [0.2, 0.25) is 0 Å². The lowest BCUT2D eigenvalue weighted by atomic mass is 9.91. The molecule has 3 heterocycles. The summed E-state index contributed by atoms with van der Waals surface area (Å²) in [6.45, 7) is 4.59. The zero-order valence-corrected chi connectivity index (χ0v) is 29.8. The second-order valence-corrected chi connectivity index (χ2v) is 15.2. The smallest absolute Gasteiger partial charge is 0.344 e. The van der Waals surface area contributed by atoms with Gasteiger partial charge in [-0.3, -0.25) is 14.6 Å². The topological polar surface area (TPSA) is 136 Å². The van der Waals surface area contributed by atoms with Crippen LogP contribution in [0.5, 0.6) is 5.75 Å². The Labute approximate surface area is 304 Å². The first-order valence-electron chi connectivity index (χ1n) is 16.6. The molecule has 3 aromatic carbocycles. The monoisotopic (exact) mass is 742 g/mol. The number of halogens is 2. The molecular weight excluding hydrogens is 707 g/mol. The maximum Gasteiger partial charge on any atom is 0.344 e. The Bertz CT molecular complexity index is 2320. The number of carbonyl (C=O) groups is 2. The third kappa shape index (κ3) is 8.44. The van der Waals surface area contributed by atoms with Crippen molar-refractivity contribution in [2.75, 3.05) is 6.61 Å². The number of amides is 1. The van der Waals surface area contributed by atoms with Crippen molar-refractivity contribution in [3.8, 4) is 5.75 Å². The molecule has 6 rings (SSSR count). The number of benzene rings is 3. The number of aliphatic imine (C=N–C) groups is 1. The van der Waals surface area contributed by atoms with Crippen LogP contribution in [0.1, 0.15) is 47.8 Å². The Morgan fingerprint density at radius 3 is 2.45 bits per heavy atom. The number of rotatable bonds is 11.